The highest BCUT2D eigenvalue weighted by Crippen LogP contribution is 2.14. The fraction of sp³-hybridized carbons (Fsp3) is 0.312. The van der Waals surface area contributed by atoms with Crippen molar-refractivity contribution in [3.8, 4) is 5.75 Å². The van der Waals surface area contributed by atoms with Crippen LogP contribution in [0.2, 0.25) is 0 Å². The summed E-state index contributed by atoms with van der Waals surface area (Å²) < 4.78 is 6.93. The molecule has 0 radical (unpaired) electrons. The fourth-order valence-corrected chi connectivity index (χ4v) is 2.08. The third kappa shape index (κ3) is 3.94. The van der Waals surface area contributed by atoms with E-state index in [9.17, 15) is 14.9 Å². The van der Waals surface area contributed by atoms with Crippen LogP contribution in [0.5, 0.6) is 5.75 Å². The van der Waals surface area contributed by atoms with E-state index >= 15 is 0 Å². The van der Waals surface area contributed by atoms with Gasteiger partial charge >= 0.3 is 0 Å². The SMILES string of the molecule is Cc1ccc(OCCCn2cc([N+](=O)[O-])c(C)cc2=O)cc1. The van der Waals surface area contributed by atoms with Crippen molar-refractivity contribution in [3.63, 3.8) is 0 Å². The summed E-state index contributed by atoms with van der Waals surface area (Å²) in [5.74, 6) is 0.771. The highest BCUT2D eigenvalue weighted by Gasteiger charge is 2.12. The van der Waals surface area contributed by atoms with Gasteiger partial charge in [0.1, 0.15) is 5.75 Å². The lowest BCUT2D eigenvalue weighted by Crippen LogP contribution is -2.21. The van der Waals surface area contributed by atoms with Crippen LogP contribution in [-0.2, 0) is 6.54 Å². The maximum atomic E-state index is 11.8. The van der Waals surface area contributed by atoms with Crippen molar-refractivity contribution < 1.29 is 9.66 Å². The van der Waals surface area contributed by atoms with Crippen LogP contribution in [0.3, 0.4) is 0 Å². The van der Waals surface area contributed by atoms with Crippen LogP contribution in [0.4, 0.5) is 5.69 Å². The molecule has 0 aliphatic heterocycles. The van der Waals surface area contributed by atoms with Gasteiger partial charge in [-0.1, -0.05) is 17.7 Å². The first-order chi connectivity index (χ1) is 10.5. The van der Waals surface area contributed by atoms with E-state index in [2.05, 4.69) is 0 Å². The lowest BCUT2D eigenvalue weighted by atomic mass is 10.2. The molecule has 0 bridgehead atoms. The molecule has 0 saturated carbocycles. The Hall–Kier alpha value is -2.63. The lowest BCUT2D eigenvalue weighted by Gasteiger charge is -2.08. The number of rotatable bonds is 6. The predicted molar refractivity (Wildman–Crippen MR) is 83.4 cm³/mol. The van der Waals surface area contributed by atoms with Gasteiger partial charge in [0.15, 0.2) is 0 Å². The molecule has 0 unspecified atom stereocenters. The van der Waals surface area contributed by atoms with Crippen LogP contribution in [0.1, 0.15) is 17.5 Å². The summed E-state index contributed by atoms with van der Waals surface area (Å²) in [5, 5.41) is 10.9. The molecule has 0 aliphatic rings. The van der Waals surface area contributed by atoms with Crippen LogP contribution < -0.4 is 10.3 Å². The van der Waals surface area contributed by atoms with Gasteiger partial charge in [-0.2, -0.15) is 0 Å². The Morgan fingerprint density at radius 2 is 1.91 bits per heavy atom. The van der Waals surface area contributed by atoms with Crippen LogP contribution in [-0.4, -0.2) is 16.1 Å². The van der Waals surface area contributed by atoms with E-state index in [0.717, 1.165) is 11.3 Å². The smallest absolute Gasteiger partial charge is 0.288 e. The number of aromatic nitrogens is 1. The molecule has 0 saturated heterocycles. The average molecular weight is 302 g/mol. The van der Waals surface area contributed by atoms with Gasteiger partial charge in [0.25, 0.3) is 11.2 Å². The van der Waals surface area contributed by atoms with Gasteiger partial charge in [-0.05, 0) is 32.4 Å². The third-order valence-corrected chi connectivity index (χ3v) is 3.33. The zero-order valence-electron chi connectivity index (χ0n) is 12.6. The minimum absolute atomic E-state index is 0.0425. The summed E-state index contributed by atoms with van der Waals surface area (Å²) in [6.07, 6.45) is 1.89. The summed E-state index contributed by atoms with van der Waals surface area (Å²) >= 11 is 0. The van der Waals surface area contributed by atoms with Crippen LogP contribution in [0.15, 0.2) is 41.3 Å². The van der Waals surface area contributed by atoms with Crippen molar-refractivity contribution in [2.45, 2.75) is 26.8 Å². The van der Waals surface area contributed by atoms with E-state index in [1.54, 1.807) is 6.92 Å². The largest absolute Gasteiger partial charge is 0.494 e. The monoisotopic (exact) mass is 302 g/mol. The van der Waals surface area contributed by atoms with Crippen LogP contribution in [0.25, 0.3) is 0 Å². The number of nitrogens with zero attached hydrogens (tertiary/aromatic N) is 2. The van der Waals surface area contributed by atoms with Crippen molar-refractivity contribution >= 4 is 5.69 Å². The summed E-state index contributed by atoms with van der Waals surface area (Å²) in [5.41, 5.74) is 1.26. The Balaban J connectivity index is 1.94. The van der Waals surface area contributed by atoms with E-state index in [-0.39, 0.29) is 11.2 Å². The van der Waals surface area contributed by atoms with Crippen molar-refractivity contribution in [2.75, 3.05) is 6.61 Å². The third-order valence-electron chi connectivity index (χ3n) is 3.33. The Morgan fingerprint density at radius 3 is 2.55 bits per heavy atom. The maximum Gasteiger partial charge on any atom is 0.288 e. The molecule has 116 valence electrons. The Morgan fingerprint density at radius 1 is 1.23 bits per heavy atom. The molecule has 1 aromatic heterocycles. The van der Waals surface area contributed by atoms with E-state index in [1.165, 1.54) is 16.8 Å². The van der Waals surface area contributed by atoms with Gasteiger partial charge in [0.05, 0.1) is 17.7 Å². The van der Waals surface area contributed by atoms with Crippen molar-refractivity contribution in [1.29, 1.82) is 0 Å². The molecule has 0 spiro atoms. The molecular weight excluding hydrogens is 284 g/mol. The second-order valence-corrected chi connectivity index (χ2v) is 5.15. The standard InChI is InChI=1S/C16H18N2O4/c1-12-4-6-14(7-5-12)22-9-3-8-17-11-15(18(20)21)13(2)10-16(17)19/h4-7,10-11H,3,8-9H2,1-2H3. The minimum atomic E-state index is -0.478. The predicted octanol–water partition coefficient (Wildman–Crippen LogP) is 2.84. The first-order valence-corrected chi connectivity index (χ1v) is 7.02. The van der Waals surface area contributed by atoms with Crippen molar-refractivity contribution in [2.24, 2.45) is 0 Å². The molecule has 6 nitrogen and oxygen atoms in total. The molecule has 22 heavy (non-hydrogen) atoms. The molecule has 2 aromatic rings. The van der Waals surface area contributed by atoms with Gasteiger partial charge in [-0.25, -0.2) is 0 Å². The average Bonchev–Trinajstić information content (AvgIpc) is 2.47. The number of nitro groups is 1. The number of ether oxygens (including phenoxy) is 1. The Kier molecular flexibility index (Phi) is 4.93. The van der Waals surface area contributed by atoms with Crippen LogP contribution in [0, 0.1) is 24.0 Å². The second kappa shape index (κ2) is 6.89. The van der Waals surface area contributed by atoms with Crippen molar-refractivity contribution in [3.05, 3.63) is 68.1 Å². The highest BCUT2D eigenvalue weighted by molar-refractivity contribution is 5.35. The zero-order chi connectivity index (χ0) is 16.1. The topological polar surface area (TPSA) is 74.4 Å². The van der Waals surface area contributed by atoms with E-state index in [4.69, 9.17) is 4.74 Å². The van der Waals surface area contributed by atoms with Gasteiger partial charge in [-0.3, -0.25) is 14.9 Å². The van der Waals surface area contributed by atoms with Crippen LogP contribution >= 0.6 is 0 Å². The molecule has 0 amide bonds. The molecule has 0 atom stereocenters. The zero-order valence-corrected chi connectivity index (χ0v) is 12.6. The fourth-order valence-electron chi connectivity index (χ4n) is 2.08. The summed E-state index contributed by atoms with van der Waals surface area (Å²) in [7, 11) is 0. The first kappa shape index (κ1) is 15.8. The van der Waals surface area contributed by atoms with Gasteiger partial charge in [0, 0.05) is 18.2 Å². The second-order valence-electron chi connectivity index (χ2n) is 5.15. The normalized spacial score (nSPS) is 10.5. The van der Waals surface area contributed by atoms with E-state index in [0.29, 0.717) is 25.1 Å². The number of hydrogen-bond donors (Lipinski definition) is 0. The number of pyridine rings is 1. The van der Waals surface area contributed by atoms with E-state index < -0.39 is 4.92 Å². The molecule has 1 aromatic carbocycles. The Labute approximate surface area is 128 Å². The van der Waals surface area contributed by atoms with E-state index in [1.807, 2.05) is 31.2 Å². The maximum absolute atomic E-state index is 11.8. The minimum Gasteiger partial charge on any atom is -0.494 e. The van der Waals surface area contributed by atoms with Gasteiger partial charge in [-0.15, -0.1) is 0 Å². The molecule has 6 heteroatoms. The van der Waals surface area contributed by atoms with Gasteiger partial charge < -0.3 is 9.30 Å². The molecule has 1 heterocycles. The Bertz CT molecular complexity index is 720. The first-order valence-electron chi connectivity index (χ1n) is 7.02. The quantitative estimate of drug-likeness (QED) is 0.467. The summed E-state index contributed by atoms with van der Waals surface area (Å²) in [6.45, 7) is 4.38. The highest BCUT2D eigenvalue weighted by atomic mass is 16.6. The summed E-state index contributed by atoms with van der Waals surface area (Å²) in [4.78, 5) is 22.2. The molecular formula is C16H18N2O4. The number of benzene rings is 1. The molecule has 0 N–H and O–H groups in total. The molecule has 0 aliphatic carbocycles. The number of hydrogen-bond acceptors (Lipinski definition) is 4. The molecule has 2 rings (SSSR count). The lowest BCUT2D eigenvalue weighted by molar-refractivity contribution is -0.385. The van der Waals surface area contributed by atoms with Gasteiger partial charge in [0.2, 0.25) is 0 Å². The van der Waals surface area contributed by atoms with Crippen molar-refractivity contribution in [1.82, 2.24) is 4.57 Å². The summed E-state index contributed by atoms with van der Waals surface area (Å²) in [6, 6.07) is 8.99. The number of aryl methyl sites for hydroxylation is 3. The molecule has 0 fully saturated rings.